The quantitative estimate of drug-likeness (QED) is 0.163. The summed E-state index contributed by atoms with van der Waals surface area (Å²) in [4.78, 5) is 4.44. The summed E-state index contributed by atoms with van der Waals surface area (Å²) < 4.78 is 0. The van der Waals surface area contributed by atoms with Gasteiger partial charge in [0.15, 0.2) is 0 Å². The summed E-state index contributed by atoms with van der Waals surface area (Å²) in [5.41, 5.74) is 9.45. The number of terminal acetylenes is 2. The molecule has 0 bridgehead atoms. The van der Waals surface area contributed by atoms with E-state index in [-0.39, 0.29) is 7.43 Å². The van der Waals surface area contributed by atoms with E-state index in [4.69, 9.17) is 12.8 Å². The van der Waals surface area contributed by atoms with E-state index in [2.05, 4.69) is 133 Å². The molecular formula is C46H46N2. The first-order valence-corrected chi connectivity index (χ1v) is 16.1. The molecule has 0 aliphatic rings. The van der Waals surface area contributed by atoms with E-state index >= 15 is 0 Å². The summed E-state index contributed by atoms with van der Waals surface area (Å²) >= 11 is 0. The molecule has 2 nitrogen and oxygen atoms in total. The van der Waals surface area contributed by atoms with E-state index in [1.807, 2.05) is 80.6 Å². The molecule has 6 rings (SSSR count). The van der Waals surface area contributed by atoms with Crippen LogP contribution in [0.5, 0.6) is 0 Å². The van der Waals surface area contributed by atoms with Crippen LogP contribution in [0.15, 0.2) is 164 Å². The summed E-state index contributed by atoms with van der Waals surface area (Å²) in [6, 6.07) is 55.8. The lowest BCUT2D eigenvalue weighted by atomic mass is 10.0. The van der Waals surface area contributed by atoms with Crippen molar-refractivity contribution in [3.63, 3.8) is 0 Å². The Hall–Kier alpha value is -5.96. The highest BCUT2D eigenvalue weighted by atomic mass is 15.2. The number of rotatable bonds is 7. The Kier molecular flexibility index (Phi) is 14.4. The Morgan fingerprint density at radius 2 is 0.646 bits per heavy atom. The second kappa shape index (κ2) is 18.9. The van der Waals surface area contributed by atoms with Crippen molar-refractivity contribution in [3.05, 3.63) is 180 Å². The molecule has 48 heavy (non-hydrogen) atoms. The van der Waals surface area contributed by atoms with Gasteiger partial charge in [0, 0.05) is 45.3 Å². The van der Waals surface area contributed by atoms with Gasteiger partial charge in [-0.15, -0.1) is 12.8 Å². The van der Waals surface area contributed by atoms with Gasteiger partial charge in [-0.05, 0) is 109 Å². The molecule has 6 aromatic carbocycles. The average Bonchev–Trinajstić information content (AvgIpc) is 3.15. The first-order chi connectivity index (χ1) is 23.1. The predicted molar refractivity (Wildman–Crippen MR) is 210 cm³/mol. The van der Waals surface area contributed by atoms with Gasteiger partial charge in [0.1, 0.15) is 0 Å². The fourth-order valence-corrected chi connectivity index (χ4v) is 5.05. The molecule has 0 aromatic heterocycles. The maximum Gasteiger partial charge on any atom is 0.0463 e. The van der Waals surface area contributed by atoms with Gasteiger partial charge in [0.25, 0.3) is 0 Å². The van der Waals surface area contributed by atoms with Crippen LogP contribution in [-0.4, -0.2) is 0 Å². The minimum atomic E-state index is 0. The van der Waals surface area contributed by atoms with E-state index in [1.165, 1.54) is 5.56 Å². The van der Waals surface area contributed by atoms with E-state index in [1.54, 1.807) is 0 Å². The number of hydrogen-bond donors (Lipinski definition) is 0. The normalized spacial score (nSPS) is 9.65. The number of nitrogens with zero attached hydrogens (tertiary/aromatic N) is 2. The summed E-state index contributed by atoms with van der Waals surface area (Å²) in [5.74, 6) is 6.05. The third-order valence-corrected chi connectivity index (χ3v) is 7.45. The molecule has 0 fully saturated rings. The van der Waals surface area contributed by atoms with Crippen LogP contribution >= 0.6 is 0 Å². The molecule has 0 aliphatic heterocycles. The van der Waals surface area contributed by atoms with Crippen molar-refractivity contribution in [2.75, 3.05) is 9.80 Å². The highest BCUT2D eigenvalue weighted by Crippen LogP contribution is 2.38. The molecule has 240 valence electrons. The molecule has 0 saturated heterocycles. The molecule has 0 radical (unpaired) electrons. The zero-order chi connectivity index (χ0) is 33.4. The Morgan fingerprint density at radius 3 is 0.896 bits per heavy atom. The molecule has 0 heterocycles. The molecule has 6 aromatic rings. The lowest BCUT2D eigenvalue weighted by Crippen LogP contribution is -2.12. The minimum absolute atomic E-state index is 0. The van der Waals surface area contributed by atoms with Crippen molar-refractivity contribution in [2.45, 2.75) is 41.0 Å². The van der Waals surface area contributed by atoms with Crippen LogP contribution in [0.3, 0.4) is 0 Å². The van der Waals surface area contributed by atoms with E-state index in [9.17, 15) is 0 Å². The van der Waals surface area contributed by atoms with Crippen LogP contribution in [0.1, 0.15) is 57.7 Å². The van der Waals surface area contributed by atoms with Gasteiger partial charge in [-0.1, -0.05) is 114 Å². The molecule has 0 saturated carbocycles. The largest absolute Gasteiger partial charge is 0.311 e. The highest BCUT2D eigenvalue weighted by molar-refractivity contribution is 5.81. The summed E-state index contributed by atoms with van der Waals surface area (Å²) in [7, 11) is 0. The zero-order valence-corrected chi connectivity index (χ0v) is 27.7. The Labute approximate surface area is 289 Å². The van der Waals surface area contributed by atoms with E-state index in [0.29, 0.717) is 5.92 Å². The smallest absolute Gasteiger partial charge is 0.0463 e. The fourth-order valence-electron chi connectivity index (χ4n) is 5.05. The molecule has 0 N–H and O–H groups in total. The van der Waals surface area contributed by atoms with Crippen LogP contribution in [-0.2, 0) is 0 Å². The van der Waals surface area contributed by atoms with Crippen molar-refractivity contribution < 1.29 is 0 Å². The van der Waals surface area contributed by atoms with Gasteiger partial charge in [-0.25, -0.2) is 0 Å². The molecule has 0 unspecified atom stereocenters. The molecule has 2 heteroatoms. The number of hydrogen-bond acceptors (Lipinski definition) is 2. The lowest BCUT2D eigenvalue weighted by Gasteiger charge is -2.28. The Morgan fingerprint density at radius 1 is 0.396 bits per heavy atom. The lowest BCUT2D eigenvalue weighted by molar-refractivity contribution is 0.867. The topological polar surface area (TPSA) is 6.48 Å². The number of benzene rings is 6. The number of para-hydroxylation sites is 2. The maximum atomic E-state index is 5.58. The van der Waals surface area contributed by atoms with Gasteiger partial charge in [-0.3, -0.25) is 0 Å². The monoisotopic (exact) mass is 626 g/mol. The maximum absolute atomic E-state index is 5.58. The van der Waals surface area contributed by atoms with Crippen molar-refractivity contribution in [3.8, 4) is 24.7 Å². The third-order valence-electron chi connectivity index (χ3n) is 7.45. The van der Waals surface area contributed by atoms with E-state index in [0.717, 1.165) is 45.3 Å². The first kappa shape index (κ1) is 36.5. The van der Waals surface area contributed by atoms with Crippen molar-refractivity contribution in [1.82, 2.24) is 0 Å². The average molecular weight is 627 g/mol. The molecule has 0 aliphatic carbocycles. The standard InChI is InChI=1S/C34H24N2.C9H12.C2H6.CH4/c1-3-27-15-19-31(20-16-27)35(29-11-7-5-8-12-29)33-23-25-34(26-24-33)36(30-13-9-6-10-14-30)32-21-17-28(4-2)18-22-32;1-8(2)9-6-4-3-5-7-9;1-2;/h1-2,5-26H;3-8H,1-2H3;1-2H3;1H4. The minimum Gasteiger partial charge on any atom is -0.311 e. The van der Waals surface area contributed by atoms with Crippen LogP contribution < -0.4 is 9.80 Å². The van der Waals surface area contributed by atoms with Gasteiger partial charge in [0.05, 0.1) is 0 Å². The van der Waals surface area contributed by atoms with Gasteiger partial charge in [-0.2, -0.15) is 0 Å². The van der Waals surface area contributed by atoms with Crippen LogP contribution in [0.2, 0.25) is 0 Å². The highest BCUT2D eigenvalue weighted by Gasteiger charge is 2.15. The number of anilines is 6. The second-order valence-corrected chi connectivity index (χ2v) is 10.8. The van der Waals surface area contributed by atoms with Gasteiger partial charge in [0.2, 0.25) is 0 Å². The fraction of sp³-hybridized carbons (Fsp3) is 0.130. The second-order valence-electron chi connectivity index (χ2n) is 10.8. The summed E-state index contributed by atoms with van der Waals surface area (Å²) in [5, 5.41) is 0. The Bertz CT molecular complexity index is 1720. The summed E-state index contributed by atoms with van der Waals surface area (Å²) in [6.45, 7) is 8.41. The summed E-state index contributed by atoms with van der Waals surface area (Å²) in [6.07, 6.45) is 11.2. The van der Waals surface area contributed by atoms with E-state index < -0.39 is 0 Å². The third kappa shape index (κ3) is 9.53. The van der Waals surface area contributed by atoms with Crippen molar-refractivity contribution in [2.24, 2.45) is 0 Å². The zero-order valence-electron chi connectivity index (χ0n) is 27.7. The van der Waals surface area contributed by atoms with Gasteiger partial charge < -0.3 is 9.80 Å². The van der Waals surface area contributed by atoms with Crippen LogP contribution in [0, 0.1) is 24.7 Å². The molecule has 0 atom stereocenters. The van der Waals surface area contributed by atoms with Gasteiger partial charge >= 0.3 is 0 Å². The first-order valence-electron chi connectivity index (χ1n) is 16.1. The molecular weight excluding hydrogens is 581 g/mol. The Balaban J connectivity index is 0.000000448. The molecule has 0 amide bonds. The SMILES string of the molecule is C.C#Cc1ccc(N(c2ccccc2)c2ccc(N(c3ccccc3)c3ccc(C#C)cc3)cc2)cc1.CC.CC(C)c1ccccc1. The van der Waals surface area contributed by atoms with Crippen molar-refractivity contribution in [1.29, 1.82) is 0 Å². The van der Waals surface area contributed by atoms with Crippen LogP contribution in [0.4, 0.5) is 34.1 Å². The predicted octanol–water partition coefficient (Wildman–Crippen LogP) is 13.1. The van der Waals surface area contributed by atoms with Crippen LogP contribution in [0.25, 0.3) is 0 Å². The van der Waals surface area contributed by atoms with Crippen molar-refractivity contribution >= 4 is 34.1 Å². The molecule has 0 spiro atoms.